The van der Waals surface area contributed by atoms with Gasteiger partial charge in [-0.1, -0.05) is 11.6 Å². The summed E-state index contributed by atoms with van der Waals surface area (Å²) >= 11 is 5.89. The monoisotopic (exact) mass is 239 g/mol. The number of rotatable bonds is 2. The lowest BCUT2D eigenvalue weighted by atomic mass is 10.5. The Morgan fingerprint density at radius 2 is 2.19 bits per heavy atom. The number of hydrazine groups is 1. The summed E-state index contributed by atoms with van der Waals surface area (Å²) in [4.78, 5) is 7.88. The number of nitrogens with two attached hydrogens (primary N) is 2. The molecular weight excluding hydrogens is 230 g/mol. The van der Waals surface area contributed by atoms with Crippen LogP contribution in [0.25, 0.3) is 5.82 Å². The fraction of sp³-hybridized carbons (Fsp3) is 0.125. The Bertz CT molecular complexity index is 502. The molecule has 2 heterocycles. The normalized spacial score (nSPS) is 10.4. The third-order valence-corrected chi connectivity index (χ3v) is 2.32. The maximum absolute atomic E-state index is 5.89. The molecule has 0 radical (unpaired) electrons. The molecule has 0 amide bonds. The molecule has 2 aromatic rings. The topological polar surface area (TPSA) is 108 Å². The van der Waals surface area contributed by atoms with Crippen LogP contribution < -0.4 is 17.0 Å². The van der Waals surface area contributed by atoms with Gasteiger partial charge in [-0.15, -0.1) is 0 Å². The van der Waals surface area contributed by atoms with Crippen LogP contribution >= 0.6 is 11.6 Å². The molecule has 0 bridgehead atoms. The fourth-order valence-electron chi connectivity index (χ4n) is 1.20. The van der Waals surface area contributed by atoms with E-state index in [9.17, 15) is 0 Å². The highest BCUT2D eigenvalue weighted by Gasteiger charge is 2.07. The standard InChI is InChI=1S/C8H10ClN7/c1-4-5(9)3-16(15-4)7-2-6(14-11)12-8(10)13-7/h2-3H,11H2,1H3,(H3,10,12,13,14). The summed E-state index contributed by atoms with van der Waals surface area (Å²) in [5.41, 5.74) is 8.63. The molecule has 0 atom stereocenters. The van der Waals surface area contributed by atoms with Gasteiger partial charge in [0.1, 0.15) is 5.82 Å². The number of halogens is 1. The highest BCUT2D eigenvalue weighted by Crippen LogP contribution is 2.17. The van der Waals surface area contributed by atoms with Crippen LogP contribution in [-0.2, 0) is 0 Å². The zero-order valence-electron chi connectivity index (χ0n) is 8.48. The lowest BCUT2D eigenvalue weighted by Gasteiger charge is -2.04. The van der Waals surface area contributed by atoms with Crippen molar-refractivity contribution in [2.75, 3.05) is 11.2 Å². The molecule has 16 heavy (non-hydrogen) atoms. The number of anilines is 2. The predicted octanol–water partition coefficient (Wildman–Crippen LogP) is 0.492. The number of nitrogens with one attached hydrogen (secondary N) is 1. The number of nitrogen functional groups attached to an aromatic ring is 2. The Kier molecular flexibility index (Phi) is 2.63. The average molecular weight is 240 g/mol. The molecule has 0 aliphatic heterocycles. The Balaban J connectivity index is 2.50. The highest BCUT2D eigenvalue weighted by atomic mass is 35.5. The van der Waals surface area contributed by atoms with Gasteiger partial charge in [-0.3, -0.25) is 0 Å². The molecule has 2 aromatic heterocycles. The summed E-state index contributed by atoms with van der Waals surface area (Å²) in [7, 11) is 0. The van der Waals surface area contributed by atoms with Crippen LogP contribution in [0, 0.1) is 6.92 Å². The first-order valence-corrected chi connectivity index (χ1v) is 4.81. The largest absolute Gasteiger partial charge is 0.368 e. The summed E-state index contributed by atoms with van der Waals surface area (Å²) < 4.78 is 1.51. The van der Waals surface area contributed by atoms with Crippen molar-refractivity contribution >= 4 is 23.4 Å². The number of aromatic nitrogens is 4. The molecule has 84 valence electrons. The minimum absolute atomic E-state index is 0.106. The maximum Gasteiger partial charge on any atom is 0.224 e. The third kappa shape index (κ3) is 1.90. The zero-order valence-corrected chi connectivity index (χ0v) is 9.23. The van der Waals surface area contributed by atoms with Gasteiger partial charge in [-0.25, -0.2) is 10.5 Å². The molecule has 0 aromatic carbocycles. The smallest absolute Gasteiger partial charge is 0.224 e. The Morgan fingerprint density at radius 1 is 1.44 bits per heavy atom. The van der Waals surface area contributed by atoms with E-state index in [0.717, 1.165) is 0 Å². The molecule has 8 heteroatoms. The number of hydrogen-bond donors (Lipinski definition) is 3. The molecular formula is C8H10ClN7. The number of nitrogens with zero attached hydrogens (tertiary/aromatic N) is 4. The number of hydrogen-bond acceptors (Lipinski definition) is 6. The summed E-state index contributed by atoms with van der Waals surface area (Å²) in [6, 6.07) is 1.61. The van der Waals surface area contributed by atoms with Crippen molar-refractivity contribution in [1.29, 1.82) is 0 Å². The van der Waals surface area contributed by atoms with Crippen molar-refractivity contribution in [1.82, 2.24) is 19.7 Å². The lowest BCUT2D eigenvalue weighted by molar-refractivity contribution is 0.829. The average Bonchev–Trinajstić information content (AvgIpc) is 2.58. The van der Waals surface area contributed by atoms with Gasteiger partial charge in [0, 0.05) is 6.07 Å². The van der Waals surface area contributed by atoms with Crippen LogP contribution in [0.5, 0.6) is 0 Å². The van der Waals surface area contributed by atoms with Gasteiger partial charge in [0.2, 0.25) is 5.95 Å². The van der Waals surface area contributed by atoms with Crippen molar-refractivity contribution in [2.45, 2.75) is 6.92 Å². The third-order valence-electron chi connectivity index (χ3n) is 1.95. The van der Waals surface area contributed by atoms with E-state index in [1.165, 1.54) is 4.68 Å². The minimum atomic E-state index is 0.106. The summed E-state index contributed by atoms with van der Waals surface area (Å²) in [5.74, 6) is 6.26. The van der Waals surface area contributed by atoms with E-state index in [4.69, 9.17) is 23.2 Å². The van der Waals surface area contributed by atoms with Gasteiger partial charge >= 0.3 is 0 Å². The van der Waals surface area contributed by atoms with E-state index >= 15 is 0 Å². The van der Waals surface area contributed by atoms with Gasteiger partial charge in [-0.2, -0.15) is 15.1 Å². The molecule has 0 aliphatic rings. The first-order chi connectivity index (χ1) is 7.60. The number of aryl methyl sites for hydroxylation is 1. The summed E-state index contributed by atoms with van der Waals surface area (Å²) in [5, 5.41) is 4.72. The molecule has 0 spiro atoms. The van der Waals surface area contributed by atoms with Gasteiger partial charge in [0.05, 0.1) is 16.9 Å². The van der Waals surface area contributed by atoms with Crippen LogP contribution in [-0.4, -0.2) is 19.7 Å². The van der Waals surface area contributed by atoms with E-state index in [2.05, 4.69) is 20.5 Å². The van der Waals surface area contributed by atoms with Crippen LogP contribution in [0.3, 0.4) is 0 Å². The van der Waals surface area contributed by atoms with E-state index in [1.54, 1.807) is 19.2 Å². The second-order valence-electron chi connectivity index (χ2n) is 3.12. The first-order valence-electron chi connectivity index (χ1n) is 4.43. The predicted molar refractivity (Wildman–Crippen MR) is 61.1 cm³/mol. The van der Waals surface area contributed by atoms with Crippen LogP contribution in [0.15, 0.2) is 12.3 Å². The van der Waals surface area contributed by atoms with Crippen molar-refractivity contribution < 1.29 is 0 Å². The second kappa shape index (κ2) is 3.95. The van der Waals surface area contributed by atoms with E-state index < -0.39 is 0 Å². The molecule has 0 aliphatic carbocycles. The van der Waals surface area contributed by atoms with Crippen LogP contribution in [0.4, 0.5) is 11.8 Å². The Morgan fingerprint density at radius 3 is 2.75 bits per heavy atom. The van der Waals surface area contributed by atoms with Crippen molar-refractivity contribution in [2.24, 2.45) is 5.84 Å². The van der Waals surface area contributed by atoms with Gasteiger partial charge in [-0.05, 0) is 6.92 Å². The molecule has 0 unspecified atom stereocenters. The zero-order chi connectivity index (χ0) is 11.7. The van der Waals surface area contributed by atoms with E-state index in [0.29, 0.717) is 22.4 Å². The quantitative estimate of drug-likeness (QED) is 0.520. The van der Waals surface area contributed by atoms with E-state index in [1.807, 2.05) is 0 Å². The molecule has 7 nitrogen and oxygen atoms in total. The molecule has 5 N–H and O–H groups in total. The fourth-order valence-corrected chi connectivity index (χ4v) is 1.33. The summed E-state index contributed by atoms with van der Waals surface area (Å²) in [6.07, 6.45) is 1.64. The van der Waals surface area contributed by atoms with Gasteiger partial charge in [0.15, 0.2) is 5.82 Å². The minimum Gasteiger partial charge on any atom is -0.368 e. The van der Waals surface area contributed by atoms with Crippen molar-refractivity contribution in [3.63, 3.8) is 0 Å². The van der Waals surface area contributed by atoms with Gasteiger partial charge in [0.25, 0.3) is 0 Å². The van der Waals surface area contributed by atoms with Crippen molar-refractivity contribution in [3.05, 3.63) is 23.0 Å². The maximum atomic E-state index is 5.89. The van der Waals surface area contributed by atoms with Crippen LogP contribution in [0.1, 0.15) is 5.69 Å². The molecule has 0 saturated carbocycles. The SMILES string of the molecule is Cc1nn(-c2cc(NN)nc(N)n2)cc1Cl. The van der Waals surface area contributed by atoms with Crippen molar-refractivity contribution in [3.8, 4) is 5.82 Å². The molecule has 2 rings (SSSR count). The first kappa shape index (κ1) is 10.7. The van der Waals surface area contributed by atoms with Gasteiger partial charge < -0.3 is 11.2 Å². The Hall–Kier alpha value is -1.86. The highest BCUT2D eigenvalue weighted by molar-refractivity contribution is 6.31. The van der Waals surface area contributed by atoms with Crippen LogP contribution in [0.2, 0.25) is 5.02 Å². The second-order valence-corrected chi connectivity index (χ2v) is 3.53. The molecule has 0 saturated heterocycles. The Labute approximate surface area is 96.4 Å². The molecule has 0 fully saturated rings. The summed E-state index contributed by atoms with van der Waals surface area (Å²) in [6.45, 7) is 1.80. The lowest BCUT2D eigenvalue weighted by Crippen LogP contribution is -2.12. The van der Waals surface area contributed by atoms with E-state index in [-0.39, 0.29) is 5.95 Å².